The van der Waals surface area contributed by atoms with E-state index in [1.54, 1.807) is 18.5 Å². The van der Waals surface area contributed by atoms with E-state index in [4.69, 9.17) is 0 Å². The van der Waals surface area contributed by atoms with Crippen LogP contribution in [0.25, 0.3) is 0 Å². The second-order valence-electron chi connectivity index (χ2n) is 4.10. The van der Waals surface area contributed by atoms with Crippen LogP contribution in [-0.2, 0) is 0 Å². The number of aliphatic imine (C=N–C) groups is 2. The highest BCUT2D eigenvalue weighted by Crippen LogP contribution is 2.33. The van der Waals surface area contributed by atoms with Crippen molar-refractivity contribution in [2.45, 2.75) is 25.8 Å². The molecule has 2 heterocycles. The number of hydrogen-bond acceptors (Lipinski definition) is 4. The predicted octanol–water partition coefficient (Wildman–Crippen LogP) is 2.38. The normalized spacial score (nSPS) is 23.6. The lowest BCUT2D eigenvalue weighted by Gasteiger charge is -2.17. The van der Waals surface area contributed by atoms with Crippen molar-refractivity contribution in [1.29, 1.82) is 0 Å². The van der Waals surface area contributed by atoms with Crippen molar-refractivity contribution in [3.05, 3.63) is 21.4 Å². The zero-order valence-corrected chi connectivity index (χ0v) is 10.6. The van der Waals surface area contributed by atoms with Crippen molar-refractivity contribution in [2.75, 3.05) is 6.54 Å². The highest BCUT2D eigenvalue weighted by atomic mass is 32.1. The monoisotopic (exact) mass is 250 g/mol. The molecular formula is C12H14N2O2S. The van der Waals surface area contributed by atoms with Crippen molar-refractivity contribution in [2.24, 2.45) is 9.98 Å². The fourth-order valence-corrected chi connectivity index (χ4v) is 3.13. The topological polar surface area (TPSA) is 62.0 Å². The number of carboxylic acid groups (broad SMARTS) is 1. The number of rotatable bonds is 2. The first-order chi connectivity index (χ1) is 8.09. The second-order valence-corrected chi connectivity index (χ2v) is 5.39. The van der Waals surface area contributed by atoms with Gasteiger partial charge in [0.05, 0.1) is 11.6 Å². The minimum atomic E-state index is -0.867. The minimum Gasteiger partial charge on any atom is -0.478 e. The van der Waals surface area contributed by atoms with Crippen LogP contribution in [0.4, 0.5) is 0 Å². The Hall–Kier alpha value is -1.49. The molecule has 90 valence electrons. The predicted molar refractivity (Wildman–Crippen MR) is 70.1 cm³/mol. The summed E-state index contributed by atoms with van der Waals surface area (Å²) < 4.78 is 0. The summed E-state index contributed by atoms with van der Waals surface area (Å²) in [5, 5.41) is 9.20. The third-order valence-corrected chi connectivity index (χ3v) is 4.01. The van der Waals surface area contributed by atoms with Crippen LogP contribution in [0.15, 0.2) is 16.1 Å². The summed E-state index contributed by atoms with van der Waals surface area (Å²) in [6.07, 6.45) is 3.36. The first kappa shape index (κ1) is 12.0. The largest absolute Gasteiger partial charge is 0.478 e. The molecule has 2 rings (SSSR count). The third-order valence-electron chi connectivity index (χ3n) is 2.83. The Labute approximate surface area is 104 Å². The van der Waals surface area contributed by atoms with Gasteiger partial charge in [0.1, 0.15) is 0 Å². The van der Waals surface area contributed by atoms with Crippen molar-refractivity contribution >= 4 is 29.7 Å². The van der Waals surface area contributed by atoms with Crippen LogP contribution >= 0.6 is 11.3 Å². The number of aryl methyl sites for hydroxylation is 1. The van der Waals surface area contributed by atoms with Crippen LogP contribution in [0.1, 0.15) is 33.0 Å². The van der Waals surface area contributed by atoms with E-state index >= 15 is 0 Å². The van der Waals surface area contributed by atoms with E-state index in [9.17, 15) is 9.90 Å². The molecule has 4 nitrogen and oxygen atoms in total. The molecule has 0 amide bonds. The summed E-state index contributed by atoms with van der Waals surface area (Å²) in [7, 11) is 0. The van der Waals surface area contributed by atoms with E-state index in [0.29, 0.717) is 12.1 Å². The lowest BCUT2D eigenvalue weighted by atomic mass is 9.97. The van der Waals surface area contributed by atoms with Gasteiger partial charge < -0.3 is 5.11 Å². The summed E-state index contributed by atoms with van der Waals surface area (Å²) in [6, 6.07) is 1.79. The number of aromatic carboxylic acids is 1. The summed E-state index contributed by atoms with van der Waals surface area (Å²) in [5.41, 5.74) is 0.400. The molecule has 1 aliphatic heterocycles. The maximum atomic E-state index is 11.2. The van der Waals surface area contributed by atoms with Gasteiger partial charge in [-0.2, -0.15) is 0 Å². The van der Waals surface area contributed by atoms with Gasteiger partial charge in [0.25, 0.3) is 0 Å². The molecule has 0 radical (unpaired) electrons. The van der Waals surface area contributed by atoms with Gasteiger partial charge >= 0.3 is 5.97 Å². The molecule has 0 fully saturated rings. The van der Waals surface area contributed by atoms with Gasteiger partial charge in [0, 0.05) is 34.6 Å². The van der Waals surface area contributed by atoms with E-state index in [2.05, 4.69) is 9.98 Å². The minimum absolute atomic E-state index is 0.0636. The summed E-state index contributed by atoms with van der Waals surface area (Å²) in [4.78, 5) is 21.7. The SMILES string of the molecule is Cc1cc(C(=O)O)c(C2CN=CC=NC2C)s1. The lowest BCUT2D eigenvalue weighted by molar-refractivity contribution is 0.0696. The molecule has 0 spiro atoms. The van der Waals surface area contributed by atoms with E-state index < -0.39 is 5.97 Å². The van der Waals surface area contributed by atoms with E-state index in [-0.39, 0.29) is 12.0 Å². The molecule has 1 aliphatic rings. The smallest absolute Gasteiger partial charge is 0.336 e. The maximum Gasteiger partial charge on any atom is 0.336 e. The number of carboxylic acids is 1. The Kier molecular flexibility index (Phi) is 3.38. The highest BCUT2D eigenvalue weighted by molar-refractivity contribution is 7.12. The van der Waals surface area contributed by atoms with Crippen LogP contribution in [0.3, 0.4) is 0 Å². The van der Waals surface area contributed by atoms with E-state index in [0.717, 1.165) is 9.75 Å². The molecule has 1 aromatic heterocycles. The summed E-state index contributed by atoms with van der Waals surface area (Å²) >= 11 is 1.53. The number of nitrogens with zero attached hydrogens (tertiary/aromatic N) is 2. The quantitative estimate of drug-likeness (QED) is 0.876. The van der Waals surface area contributed by atoms with Crippen LogP contribution in [-0.4, -0.2) is 36.1 Å². The average molecular weight is 250 g/mol. The lowest BCUT2D eigenvalue weighted by Crippen LogP contribution is -2.16. The van der Waals surface area contributed by atoms with Gasteiger partial charge in [0.2, 0.25) is 0 Å². The van der Waals surface area contributed by atoms with Crippen LogP contribution < -0.4 is 0 Å². The van der Waals surface area contributed by atoms with Crippen molar-refractivity contribution in [1.82, 2.24) is 0 Å². The van der Waals surface area contributed by atoms with Gasteiger partial charge in [-0.15, -0.1) is 11.3 Å². The molecule has 0 aromatic carbocycles. The van der Waals surface area contributed by atoms with Crippen LogP contribution in [0.5, 0.6) is 0 Å². The first-order valence-corrected chi connectivity index (χ1v) is 6.26. The van der Waals surface area contributed by atoms with Gasteiger partial charge in [-0.05, 0) is 19.9 Å². The zero-order valence-electron chi connectivity index (χ0n) is 9.75. The van der Waals surface area contributed by atoms with E-state index in [1.807, 2.05) is 13.8 Å². The Balaban J connectivity index is 2.41. The Morgan fingerprint density at radius 3 is 3.00 bits per heavy atom. The van der Waals surface area contributed by atoms with Crippen LogP contribution in [0.2, 0.25) is 0 Å². The molecule has 1 aromatic rings. The fraction of sp³-hybridized carbons (Fsp3) is 0.417. The second kappa shape index (κ2) is 4.79. The Morgan fingerprint density at radius 2 is 2.29 bits per heavy atom. The van der Waals surface area contributed by atoms with Crippen molar-refractivity contribution in [3.8, 4) is 0 Å². The zero-order chi connectivity index (χ0) is 12.4. The van der Waals surface area contributed by atoms with Gasteiger partial charge in [-0.1, -0.05) is 0 Å². The molecule has 1 N–H and O–H groups in total. The molecule has 0 saturated carbocycles. The van der Waals surface area contributed by atoms with E-state index in [1.165, 1.54) is 11.3 Å². The van der Waals surface area contributed by atoms with Crippen LogP contribution in [0, 0.1) is 6.92 Å². The molecule has 0 bridgehead atoms. The van der Waals surface area contributed by atoms with Gasteiger partial charge in [-0.25, -0.2) is 4.79 Å². The first-order valence-electron chi connectivity index (χ1n) is 5.45. The summed E-state index contributed by atoms with van der Waals surface area (Å²) in [6.45, 7) is 4.52. The van der Waals surface area contributed by atoms with Gasteiger partial charge in [-0.3, -0.25) is 9.98 Å². The standard InChI is InChI=1S/C12H14N2O2S/c1-7-5-9(12(15)16)11(17-7)10-6-13-3-4-14-8(10)2/h3-5,8,10H,6H2,1-2H3,(H,15,16). The number of carbonyl (C=O) groups is 1. The summed E-state index contributed by atoms with van der Waals surface area (Å²) in [5.74, 6) is -0.802. The molecule has 0 saturated heterocycles. The van der Waals surface area contributed by atoms with Crippen molar-refractivity contribution < 1.29 is 9.90 Å². The molecule has 17 heavy (non-hydrogen) atoms. The van der Waals surface area contributed by atoms with Crippen molar-refractivity contribution in [3.63, 3.8) is 0 Å². The average Bonchev–Trinajstić information content (AvgIpc) is 2.52. The Bertz CT molecular complexity index is 491. The molecule has 2 unspecified atom stereocenters. The molecular weight excluding hydrogens is 236 g/mol. The fourth-order valence-electron chi connectivity index (χ4n) is 1.93. The maximum absolute atomic E-state index is 11.2. The third kappa shape index (κ3) is 2.44. The number of hydrogen-bond donors (Lipinski definition) is 1. The molecule has 2 atom stereocenters. The number of thiophene rings is 1. The highest BCUT2D eigenvalue weighted by Gasteiger charge is 2.26. The van der Waals surface area contributed by atoms with Gasteiger partial charge in [0.15, 0.2) is 0 Å². The molecule has 5 heteroatoms. The Morgan fingerprint density at radius 1 is 1.53 bits per heavy atom. The molecule has 0 aliphatic carbocycles.